The topological polar surface area (TPSA) is 77.2 Å². The van der Waals surface area contributed by atoms with Gasteiger partial charge in [0.05, 0.1) is 24.1 Å². The first-order chi connectivity index (χ1) is 10.2. The molecule has 1 aromatic carbocycles. The van der Waals surface area contributed by atoms with E-state index in [1.54, 1.807) is 13.0 Å². The molecule has 2 rings (SSSR count). The molecule has 0 atom stereocenters. The molecule has 0 aliphatic heterocycles. The Kier molecular flexibility index (Phi) is 4.77. The van der Waals surface area contributed by atoms with Crippen molar-refractivity contribution < 1.29 is 9.53 Å². The van der Waals surface area contributed by atoms with Crippen molar-refractivity contribution >= 4 is 23.2 Å². The van der Waals surface area contributed by atoms with E-state index in [1.807, 2.05) is 24.3 Å². The van der Waals surface area contributed by atoms with Crippen LogP contribution in [-0.4, -0.2) is 17.6 Å². The molecule has 0 saturated carbocycles. The molecule has 1 aromatic heterocycles. The minimum Gasteiger partial charge on any atom is -0.462 e. The van der Waals surface area contributed by atoms with Crippen LogP contribution in [0.4, 0.5) is 17.2 Å². The summed E-state index contributed by atoms with van der Waals surface area (Å²) in [6.07, 6.45) is 2.37. The number of hydrogen-bond donors (Lipinski definition) is 2. The Labute approximate surface area is 124 Å². The number of rotatable bonds is 5. The number of nitrogens with two attached hydrogens (primary N) is 1. The lowest BCUT2D eigenvalue weighted by Crippen LogP contribution is -2.09. The van der Waals surface area contributed by atoms with Crippen molar-refractivity contribution in [3.63, 3.8) is 0 Å². The van der Waals surface area contributed by atoms with Crippen molar-refractivity contribution in [2.75, 3.05) is 17.7 Å². The number of nitrogen functional groups attached to an aromatic ring is 1. The summed E-state index contributed by atoms with van der Waals surface area (Å²) in [7, 11) is 0. The summed E-state index contributed by atoms with van der Waals surface area (Å²) >= 11 is 0. The molecule has 0 saturated heterocycles. The van der Waals surface area contributed by atoms with Crippen LogP contribution < -0.4 is 11.1 Å². The van der Waals surface area contributed by atoms with Gasteiger partial charge in [-0.1, -0.05) is 25.1 Å². The third-order valence-corrected chi connectivity index (χ3v) is 3.09. The lowest BCUT2D eigenvalue weighted by atomic mass is 10.1. The smallest absolute Gasteiger partial charge is 0.340 e. The molecular weight excluding hydrogens is 266 g/mol. The van der Waals surface area contributed by atoms with Gasteiger partial charge in [-0.25, -0.2) is 9.78 Å². The van der Waals surface area contributed by atoms with Crippen LogP contribution in [0, 0.1) is 0 Å². The number of benzene rings is 1. The standard InChI is InChI=1S/C16H19N3O2/c1-3-11-7-5-6-8-14(11)19-15-9-12(13(17)10-18-15)16(20)21-4-2/h5-10H,3-4,17H2,1-2H3,(H,18,19). The third kappa shape index (κ3) is 3.51. The number of pyridine rings is 1. The van der Waals surface area contributed by atoms with Crippen LogP contribution in [0.15, 0.2) is 36.5 Å². The molecule has 21 heavy (non-hydrogen) atoms. The van der Waals surface area contributed by atoms with Gasteiger partial charge in [-0.3, -0.25) is 0 Å². The summed E-state index contributed by atoms with van der Waals surface area (Å²) in [5, 5.41) is 3.21. The van der Waals surface area contributed by atoms with E-state index >= 15 is 0 Å². The monoisotopic (exact) mass is 285 g/mol. The molecule has 0 bridgehead atoms. The number of para-hydroxylation sites is 1. The highest BCUT2D eigenvalue weighted by Gasteiger charge is 2.13. The second-order valence-electron chi connectivity index (χ2n) is 4.51. The number of anilines is 3. The molecule has 2 aromatic rings. The molecular formula is C16H19N3O2. The van der Waals surface area contributed by atoms with E-state index in [2.05, 4.69) is 17.2 Å². The Morgan fingerprint density at radius 2 is 2.10 bits per heavy atom. The molecule has 0 spiro atoms. The van der Waals surface area contributed by atoms with Gasteiger partial charge in [0.2, 0.25) is 0 Å². The number of esters is 1. The van der Waals surface area contributed by atoms with Gasteiger partial charge in [-0.05, 0) is 31.0 Å². The van der Waals surface area contributed by atoms with Crippen LogP contribution in [-0.2, 0) is 11.2 Å². The summed E-state index contributed by atoms with van der Waals surface area (Å²) < 4.78 is 4.98. The van der Waals surface area contributed by atoms with Crippen LogP contribution in [0.1, 0.15) is 29.8 Å². The number of ether oxygens (including phenoxy) is 1. The molecule has 0 aliphatic rings. The predicted octanol–water partition coefficient (Wildman–Crippen LogP) is 3.15. The second-order valence-corrected chi connectivity index (χ2v) is 4.51. The zero-order valence-corrected chi connectivity index (χ0v) is 12.2. The molecule has 3 N–H and O–H groups in total. The van der Waals surface area contributed by atoms with E-state index < -0.39 is 5.97 Å². The fourth-order valence-electron chi connectivity index (χ4n) is 2.01. The van der Waals surface area contributed by atoms with Gasteiger partial charge in [-0.2, -0.15) is 0 Å². The van der Waals surface area contributed by atoms with Crippen molar-refractivity contribution in [1.29, 1.82) is 0 Å². The predicted molar refractivity (Wildman–Crippen MR) is 83.7 cm³/mol. The fraction of sp³-hybridized carbons (Fsp3) is 0.250. The summed E-state index contributed by atoms with van der Waals surface area (Å²) in [6.45, 7) is 4.15. The molecule has 5 nitrogen and oxygen atoms in total. The van der Waals surface area contributed by atoms with Crippen molar-refractivity contribution in [3.05, 3.63) is 47.7 Å². The van der Waals surface area contributed by atoms with E-state index in [0.717, 1.165) is 12.1 Å². The number of aromatic nitrogens is 1. The Bertz CT molecular complexity index is 641. The first-order valence-electron chi connectivity index (χ1n) is 6.93. The number of carbonyl (C=O) groups excluding carboxylic acids is 1. The molecule has 5 heteroatoms. The van der Waals surface area contributed by atoms with E-state index in [0.29, 0.717) is 23.7 Å². The molecule has 0 radical (unpaired) electrons. The van der Waals surface area contributed by atoms with Gasteiger partial charge >= 0.3 is 5.97 Å². The van der Waals surface area contributed by atoms with Crippen LogP contribution in [0.5, 0.6) is 0 Å². The average Bonchev–Trinajstić information content (AvgIpc) is 2.50. The molecule has 1 heterocycles. The van der Waals surface area contributed by atoms with Crippen molar-refractivity contribution in [3.8, 4) is 0 Å². The van der Waals surface area contributed by atoms with E-state index in [-0.39, 0.29) is 0 Å². The van der Waals surface area contributed by atoms with Crippen LogP contribution in [0.25, 0.3) is 0 Å². The Morgan fingerprint density at radius 1 is 1.33 bits per heavy atom. The third-order valence-electron chi connectivity index (χ3n) is 3.09. The number of nitrogens with zero attached hydrogens (tertiary/aromatic N) is 1. The van der Waals surface area contributed by atoms with Crippen LogP contribution >= 0.6 is 0 Å². The summed E-state index contributed by atoms with van der Waals surface area (Å²) in [6, 6.07) is 9.57. The highest BCUT2D eigenvalue weighted by molar-refractivity contribution is 5.95. The Hall–Kier alpha value is -2.56. The number of nitrogens with one attached hydrogen (secondary N) is 1. The van der Waals surface area contributed by atoms with Gasteiger partial charge in [0, 0.05) is 5.69 Å². The molecule has 0 amide bonds. The fourth-order valence-corrected chi connectivity index (χ4v) is 2.01. The summed E-state index contributed by atoms with van der Waals surface area (Å²) in [4.78, 5) is 16.0. The van der Waals surface area contributed by atoms with Gasteiger partial charge in [0.25, 0.3) is 0 Å². The number of aryl methyl sites for hydroxylation is 1. The summed E-state index contributed by atoms with van der Waals surface area (Å²) in [5.41, 5.74) is 8.55. The first kappa shape index (κ1) is 14.8. The van der Waals surface area contributed by atoms with Gasteiger partial charge < -0.3 is 15.8 Å². The lowest BCUT2D eigenvalue weighted by molar-refractivity contribution is 0.0527. The maximum atomic E-state index is 11.8. The van der Waals surface area contributed by atoms with Crippen molar-refractivity contribution in [2.24, 2.45) is 0 Å². The van der Waals surface area contributed by atoms with E-state index in [1.165, 1.54) is 11.8 Å². The number of hydrogen-bond acceptors (Lipinski definition) is 5. The lowest BCUT2D eigenvalue weighted by Gasteiger charge is -2.12. The van der Waals surface area contributed by atoms with Crippen LogP contribution in [0.2, 0.25) is 0 Å². The highest BCUT2D eigenvalue weighted by Crippen LogP contribution is 2.22. The molecule has 110 valence electrons. The minimum atomic E-state index is -0.441. The van der Waals surface area contributed by atoms with Gasteiger partial charge in [0.1, 0.15) is 5.82 Å². The molecule has 0 aliphatic carbocycles. The largest absolute Gasteiger partial charge is 0.462 e. The SMILES string of the molecule is CCOC(=O)c1cc(Nc2ccccc2CC)ncc1N. The van der Waals surface area contributed by atoms with E-state index in [9.17, 15) is 4.79 Å². The van der Waals surface area contributed by atoms with E-state index in [4.69, 9.17) is 10.5 Å². The van der Waals surface area contributed by atoms with Crippen molar-refractivity contribution in [2.45, 2.75) is 20.3 Å². The zero-order chi connectivity index (χ0) is 15.2. The second kappa shape index (κ2) is 6.74. The maximum Gasteiger partial charge on any atom is 0.340 e. The molecule has 0 unspecified atom stereocenters. The van der Waals surface area contributed by atoms with Gasteiger partial charge in [-0.15, -0.1) is 0 Å². The zero-order valence-electron chi connectivity index (χ0n) is 12.2. The minimum absolute atomic E-state index is 0.308. The normalized spacial score (nSPS) is 10.2. The maximum absolute atomic E-state index is 11.8. The quantitative estimate of drug-likeness (QED) is 0.825. The van der Waals surface area contributed by atoms with Crippen molar-refractivity contribution in [1.82, 2.24) is 4.98 Å². The first-order valence-corrected chi connectivity index (χ1v) is 6.93. The average molecular weight is 285 g/mol. The van der Waals surface area contributed by atoms with Crippen LogP contribution in [0.3, 0.4) is 0 Å². The van der Waals surface area contributed by atoms with Gasteiger partial charge in [0.15, 0.2) is 0 Å². The highest BCUT2D eigenvalue weighted by atomic mass is 16.5. The molecule has 0 fully saturated rings. The number of carbonyl (C=O) groups is 1. The summed E-state index contributed by atoms with van der Waals surface area (Å²) in [5.74, 6) is 0.123. The Balaban J connectivity index is 2.29. The Morgan fingerprint density at radius 3 is 2.81 bits per heavy atom.